The summed E-state index contributed by atoms with van der Waals surface area (Å²) in [5.74, 6) is 0.0138. The van der Waals surface area contributed by atoms with E-state index in [4.69, 9.17) is 11.6 Å². The van der Waals surface area contributed by atoms with Gasteiger partial charge in [-0.15, -0.1) is 5.10 Å². The Balaban J connectivity index is 2.25. The third-order valence-corrected chi connectivity index (χ3v) is 4.38. The fourth-order valence-electron chi connectivity index (χ4n) is 2.09. The van der Waals surface area contributed by atoms with Gasteiger partial charge in [-0.2, -0.15) is 5.10 Å². The largest absolute Gasteiger partial charge is 0.293 e. The molecule has 2 heterocycles. The van der Waals surface area contributed by atoms with Gasteiger partial charge in [-0.25, -0.2) is 0 Å². The Kier molecular flexibility index (Phi) is 4.88. The predicted molar refractivity (Wildman–Crippen MR) is 79.6 cm³/mol. The highest BCUT2D eigenvalue weighted by atomic mass is 35.5. The average Bonchev–Trinajstić information content (AvgIpc) is 2.99. The van der Waals surface area contributed by atoms with E-state index >= 15 is 0 Å². The van der Waals surface area contributed by atoms with Crippen LogP contribution >= 0.6 is 23.1 Å². The highest BCUT2D eigenvalue weighted by Crippen LogP contribution is 2.23. The van der Waals surface area contributed by atoms with Crippen LogP contribution in [-0.4, -0.2) is 25.2 Å². The van der Waals surface area contributed by atoms with Gasteiger partial charge in [0.15, 0.2) is 5.78 Å². The van der Waals surface area contributed by atoms with Crippen molar-refractivity contribution in [2.45, 2.75) is 46.6 Å². The van der Waals surface area contributed by atoms with Crippen LogP contribution < -0.4 is 0 Å². The summed E-state index contributed by atoms with van der Waals surface area (Å²) in [5.41, 5.74) is 2.32. The van der Waals surface area contributed by atoms with Gasteiger partial charge < -0.3 is 0 Å². The summed E-state index contributed by atoms with van der Waals surface area (Å²) >= 11 is 7.40. The molecule has 2 rings (SSSR count). The highest BCUT2D eigenvalue weighted by molar-refractivity contribution is 7.08. The Hall–Kier alpha value is -1.27. The standard InChI is InChI=1S/C13H17ClN4OS/c1-4-6-9-13(20-17-15-9)11(19)7-10-12(14)8(3)16-18(10)5-2/h4-7H2,1-3H3. The number of halogens is 1. The van der Waals surface area contributed by atoms with Crippen molar-refractivity contribution in [1.82, 2.24) is 19.4 Å². The zero-order chi connectivity index (χ0) is 14.7. The van der Waals surface area contributed by atoms with Gasteiger partial charge in [-0.05, 0) is 31.8 Å². The van der Waals surface area contributed by atoms with Crippen LogP contribution in [0.4, 0.5) is 0 Å². The van der Waals surface area contributed by atoms with Crippen molar-refractivity contribution in [3.05, 3.63) is 27.0 Å². The van der Waals surface area contributed by atoms with Crippen molar-refractivity contribution in [2.24, 2.45) is 0 Å². The minimum Gasteiger partial charge on any atom is -0.293 e. The molecular weight excluding hydrogens is 296 g/mol. The molecule has 0 bridgehead atoms. The lowest BCUT2D eigenvalue weighted by molar-refractivity contribution is 0.0993. The smallest absolute Gasteiger partial charge is 0.182 e. The quantitative estimate of drug-likeness (QED) is 0.769. The summed E-state index contributed by atoms with van der Waals surface area (Å²) < 4.78 is 5.67. The maximum Gasteiger partial charge on any atom is 0.182 e. The lowest BCUT2D eigenvalue weighted by Gasteiger charge is -2.04. The monoisotopic (exact) mass is 312 g/mol. The molecule has 0 saturated carbocycles. The predicted octanol–water partition coefficient (Wildman–Crippen LogP) is 3.09. The molecule has 0 aliphatic rings. The van der Waals surface area contributed by atoms with Crippen LogP contribution in [0.15, 0.2) is 0 Å². The van der Waals surface area contributed by atoms with Crippen molar-refractivity contribution in [3.63, 3.8) is 0 Å². The molecule has 0 fully saturated rings. The molecule has 20 heavy (non-hydrogen) atoms. The van der Waals surface area contributed by atoms with Crippen LogP contribution in [0, 0.1) is 6.92 Å². The molecular formula is C13H17ClN4OS. The second kappa shape index (κ2) is 6.45. The molecule has 0 amide bonds. The first kappa shape index (κ1) is 15.1. The summed E-state index contributed by atoms with van der Waals surface area (Å²) in [6, 6.07) is 0. The van der Waals surface area contributed by atoms with E-state index in [0.717, 1.165) is 41.5 Å². The number of Topliss-reactive ketones (excluding diaryl/α,β-unsaturated/α-hetero) is 1. The average molecular weight is 313 g/mol. The van der Waals surface area contributed by atoms with Crippen molar-refractivity contribution in [2.75, 3.05) is 0 Å². The van der Waals surface area contributed by atoms with Gasteiger partial charge in [0, 0.05) is 6.54 Å². The third-order valence-electron chi connectivity index (χ3n) is 3.08. The van der Waals surface area contributed by atoms with Crippen LogP contribution in [0.5, 0.6) is 0 Å². The summed E-state index contributed by atoms with van der Waals surface area (Å²) in [5, 5.41) is 8.94. The molecule has 0 saturated heterocycles. The molecule has 0 unspecified atom stereocenters. The second-order valence-electron chi connectivity index (χ2n) is 4.56. The maximum absolute atomic E-state index is 12.4. The van der Waals surface area contributed by atoms with Crippen molar-refractivity contribution in [3.8, 4) is 0 Å². The maximum atomic E-state index is 12.4. The van der Waals surface area contributed by atoms with Gasteiger partial charge in [0.25, 0.3) is 0 Å². The van der Waals surface area contributed by atoms with E-state index < -0.39 is 0 Å². The first-order valence-corrected chi connectivity index (χ1v) is 7.79. The minimum absolute atomic E-state index is 0.0138. The van der Waals surface area contributed by atoms with Gasteiger partial charge in [-0.1, -0.05) is 29.4 Å². The van der Waals surface area contributed by atoms with Gasteiger partial charge >= 0.3 is 0 Å². The summed E-state index contributed by atoms with van der Waals surface area (Å²) in [4.78, 5) is 13.1. The number of ketones is 1. The van der Waals surface area contributed by atoms with E-state index in [9.17, 15) is 4.79 Å². The number of aryl methyl sites for hydroxylation is 3. The SMILES string of the molecule is CCCc1nnsc1C(=O)Cc1c(Cl)c(C)nn1CC. The number of carbonyl (C=O) groups is 1. The molecule has 0 aliphatic heterocycles. The van der Waals surface area contributed by atoms with E-state index in [1.807, 2.05) is 13.8 Å². The molecule has 5 nitrogen and oxygen atoms in total. The summed E-state index contributed by atoms with van der Waals surface area (Å²) in [6.45, 7) is 6.58. The van der Waals surface area contributed by atoms with Crippen LogP contribution in [0.1, 0.15) is 47.0 Å². The lowest BCUT2D eigenvalue weighted by atomic mass is 10.1. The van der Waals surface area contributed by atoms with Gasteiger partial charge in [0.05, 0.1) is 28.5 Å². The Bertz CT molecular complexity index is 620. The summed E-state index contributed by atoms with van der Waals surface area (Å²) in [6.07, 6.45) is 1.96. The molecule has 0 spiro atoms. The third kappa shape index (κ3) is 2.91. The normalized spacial score (nSPS) is 11.0. The van der Waals surface area contributed by atoms with Crippen LogP contribution in [0.3, 0.4) is 0 Å². The zero-order valence-electron chi connectivity index (χ0n) is 11.8. The van der Waals surface area contributed by atoms with E-state index in [2.05, 4.69) is 21.6 Å². The zero-order valence-corrected chi connectivity index (χ0v) is 13.4. The van der Waals surface area contributed by atoms with Gasteiger partial charge in [-0.3, -0.25) is 9.48 Å². The minimum atomic E-state index is 0.0138. The molecule has 2 aromatic heterocycles. The van der Waals surface area contributed by atoms with E-state index in [0.29, 0.717) is 16.4 Å². The fraction of sp³-hybridized carbons (Fsp3) is 0.538. The Labute approximate surface area is 127 Å². The number of hydrogen-bond donors (Lipinski definition) is 0. The van der Waals surface area contributed by atoms with Gasteiger partial charge in [0.1, 0.15) is 4.88 Å². The number of rotatable bonds is 6. The molecule has 7 heteroatoms. The summed E-state index contributed by atoms with van der Waals surface area (Å²) in [7, 11) is 0. The topological polar surface area (TPSA) is 60.7 Å². The van der Waals surface area contributed by atoms with Crippen LogP contribution in [0.25, 0.3) is 0 Å². The first-order chi connectivity index (χ1) is 9.58. The van der Waals surface area contributed by atoms with Gasteiger partial charge in [0.2, 0.25) is 0 Å². The molecule has 0 N–H and O–H groups in total. The fourth-order valence-corrected chi connectivity index (χ4v) is 2.94. The number of nitrogens with zero attached hydrogens (tertiary/aromatic N) is 4. The number of carbonyl (C=O) groups excluding carboxylic acids is 1. The highest BCUT2D eigenvalue weighted by Gasteiger charge is 2.21. The van der Waals surface area contributed by atoms with E-state index in [1.54, 1.807) is 4.68 Å². The molecule has 0 aromatic carbocycles. The van der Waals surface area contributed by atoms with Crippen LogP contribution in [-0.2, 0) is 19.4 Å². The lowest BCUT2D eigenvalue weighted by Crippen LogP contribution is -2.10. The Morgan fingerprint density at radius 2 is 2.15 bits per heavy atom. The second-order valence-corrected chi connectivity index (χ2v) is 5.69. The number of hydrogen-bond acceptors (Lipinski definition) is 5. The molecule has 0 atom stereocenters. The Morgan fingerprint density at radius 1 is 1.40 bits per heavy atom. The number of aromatic nitrogens is 4. The van der Waals surface area contributed by atoms with E-state index in [1.165, 1.54) is 0 Å². The molecule has 2 aromatic rings. The van der Waals surface area contributed by atoms with Crippen LogP contribution in [0.2, 0.25) is 5.02 Å². The molecule has 0 aliphatic carbocycles. The molecule has 0 radical (unpaired) electrons. The molecule has 108 valence electrons. The first-order valence-electron chi connectivity index (χ1n) is 6.64. The van der Waals surface area contributed by atoms with E-state index in [-0.39, 0.29) is 12.2 Å². The van der Waals surface area contributed by atoms with Crippen molar-refractivity contribution >= 4 is 28.9 Å². The Morgan fingerprint density at radius 3 is 2.80 bits per heavy atom. The van der Waals surface area contributed by atoms with Crippen molar-refractivity contribution < 1.29 is 4.79 Å². The van der Waals surface area contributed by atoms with Crippen molar-refractivity contribution in [1.29, 1.82) is 0 Å².